The molecule has 0 aliphatic rings. The highest BCUT2D eigenvalue weighted by Crippen LogP contribution is 2.23. The minimum Gasteiger partial charge on any atom is -0.433 e. The van der Waals surface area contributed by atoms with Gasteiger partial charge in [-0.05, 0) is 19.6 Å². The first-order valence-corrected chi connectivity index (χ1v) is 22.7. The van der Waals surface area contributed by atoms with E-state index in [1.54, 1.807) is 0 Å². The highest BCUT2D eigenvalue weighted by Gasteiger charge is 2.45. The predicted octanol–water partition coefficient (Wildman–Crippen LogP) is 4.22. The summed E-state index contributed by atoms with van der Waals surface area (Å²) in [5, 5.41) is 0. The van der Waals surface area contributed by atoms with Crippen LogP contribution >= 0.6 is 0 Å². The number of hydrogen-bond donors (Lipinski definition) is 1. The Morgan fingerprint density at radius 3 is 1.25 bits per heavy atom. The van der Waals surface area contributed by atoms with Gasteiger partial charge in [0, 0.05) is 0 Å². The zero-order valence-electron chi connectivity index (χ0n) is 15.9. The van der Waals surface area contributed by atoms with Crippen LogP contribution in [0.3, 0.4) is 0 Å². The molecule has 0 heterocycles. The largest absolute Gasteiger partial charge is 0.433 e. The molecule has 0 atom stereocenters. The molecule has 20 heavy (non-hydrogen) atoms. The summed E-state index contributed by atoms with van der Waals surface area (Å²) in [6.45, 7) is 28.9. The van der Waals surface area contributed by atoms with Gasteiger partial charge in [-0.2, -0.15) is 0 Å². The van der Waals surface area contributed by atoms with E-state index < -0.39 is 42.4 Å². The Kier molecular flexibility index (Phi) is 6.93. The fourth-order valence-electron chi connectivity index (χ4n) is 2.35. The SMILES string of the molecule is C[Si](C)(C)N[Si](O[Si](C)(C)C)N([Si](C)(C)C)[Si](C)(C)C. The summed E-state index contributed by atoms with van der Waals surface area (Å²) in [5.74, 6) is 0. The van der Waals surface area contributed by atoms with E-state index in [-0.39, 0.29) is 0 Å². The lowest BCUT2D eigenvalue weighted by Crippen LogP contribution is -2.74. The lowest BCUT2D eigenvalue weighted by Gasteiger charge is -2.49. The van der Waals surface area contributed by atoms with Crippen LogP contribution in [0.4, 0.5) is 0 Å². The third kappa shape index (κ3) is 8.42. The van der Waals surface area contributed by atoms with Gasteiger partial charge in [-0.3, -0.25) is 0 Å². The van der Waals surface area contributed by atoms with Crippen LogP contribution in [-0.2, 0) is 4.12 Å². The van der Waals surface area contributed by atoms with Crippen LogP contribution in [0.2, 0.25) is 78.6 Å². The van der Waals surface area contributed by atoms with Gasteiger partial charge in [0.15, 0.2) is 8.32 Å². The van der Waals surface area contributed by atoms with Crippen molar-refractivity contribution in [2.24, 2.45) is 0 Å². The third-order valence-electron chi connectivity index (χ3n) is 2.43. The summed E-state index contributed by atoms with van der Waals surface area (Å²) in [6, 6.07) is 0. The normalized spacial score (nSPS) is 15.3. The Hall–Kier alpha value is 0.964. The number of hydrogen-bond acceptors (Lipinski definition) is 3. The average Bonchev–Trinajstić information content (AvgIpc) is 1.87. The van der Waals surface area contributed by atoms with Crippen molar-refractivity contribution in [2.75, 3.05) is 0 Å². The molecule has 0 fully saturated rings. The average molecular weight is 366 g/mol. The highest BCUT2D eigenvalue weighted by molar-refractivity contribution is 7.01. The number of nitrogens with zero attached hydrogens (tertiary/aromatic N) is 1. The van der Waals surface area contributed by atoms with Crippen molar-refractivity contribution in [1.29, 1.82) is 0 Å². The third-order valence-corrected chi connectivity index (χ3v) is 21.9. The molecule has 0 aromatic heterocycles. The fourth-order valence-corrected chi connectivity index (χ4v) is 23.5. The standard InChI is InChI=1S/C12H37N2OSi5/c1-17(2,3)13-16(15-20(10,11)12)14(18(4,5)6)19(7,8)9/h13H,1-12H3. The van der Waals surface area contributed by atoms with Crippen LogP contribution in [-0.4, -0.2) is 46.3 Å². The van der Waals surface area contributed by atoms with E-state index in [1.165, 1.54) is 0 Å². The Bertz CT molecular complexity index is 282. The van der Waals surface area contributed by atoms with E-state index in [2.05, 4.69) is 87.1 Å². The first-order chi connectivity index (χ1) is 8.43. The minimum absolute atomic E-state index is 1.08. The molecule has 0 bridgehead atoms. The second-order valence-corrected chi connectivity index (χ2v) is 32.1. The van der Waals surface area contributed by atoms with Gasteiger partial charge < -0.3 is 12.7 Å². The van der Waals surface area contributed by atoms with Gasteiger partial charge in [0.25, 0.3) is 0 Å². The van der Waals surface area contributed by atoms with Crippen molar-refractivity contribution in [3.8, 4) is 0 Å². The van der Waals surface area contributed by atoms with E-state index in [0.29, 0.717) is 0 Å². The molecule has 0 saturated heterocycles. The van der Waals surface area contributed by atoms with Crippen molar-refractivity contribution in [3.63, 3.8) is 0 Å². The van der Waals surface area contributed by atoms with Crippen LogP contribution in [0.5, 0.6) is 0 Å². The molecule has 0 unspecified atom stereocenters. The fraction of sp³-hybridized carbons (Fsp3) is 1.00. The summed E-state index contributed by atoms with van der Waals surface area (Å²) >= 11 is 0. The van der Waals surface area contributed by atoms with Crippen molar-refractivity contribution < 1.29 is 4.12 Å². The second-order valence-electron chi connectivity index (χ2n) is 9.57. The quantitative estimate of drug-likeness (QED) is 0.684. The molecule has 0 aromatic rings. The lowest BCUT2D eigenvalue weighted by molar-refractivity contribution is 0.521. The van der Waals surface area contributed by atoms with Gasteiger partial charge in [0.05, 0.1) is 0 Å². The molecule has 1 N–H and O–H groups in total. The van der Waals surface area contributed by atoms with Crippen molar-refractivity contribution in [2.45, 2.75) is 78.6 Å². The van der Waals surface area contributed by atoms with E-state index in [0.717, 1.165) is 0 Å². The van der Waals surface area contributed by atoms with Gasteiger partial charge in [-0.1, -0.05) is 58.9 Å². The zero-order valence-corrected chi connectivity index (χ0v) is 20.9. The molecular weight excluding hydrogens is 329 g/mol. The van der Waals surface area contributed by atoms with Crippen LogP contribution in [0.25, 0.3) is 0 Å². The Balaban J connectivity index is 5.54. The Labute approximate surface area is 133 Å². The molecule has 1 radical (unpaired) electrons. The van der Waals surface area contributed by atoms with Gasteiger partial charge in [-0.25, -0.2) is 0 Å². The van der Waals surface area contributed by atoms with E-state index in [1.807, 2.05) is 0 Å². The first-order valence-electron chi connectivity index (χ1n) is 7.58. The van der Waals surface area contributed by atoms with E-state index >= 15 is 0 Å². The van der Waals surface area contributed by atoms with Crippen molar-refractivity contribution >= 4 is 42.4 Å². The first kappa shape index (κ1) is 21.0. The molecule has 0 saturated carbocycles. The molecule has 0 aliphatic heterocycles. The van der Waals surface area contributed by atoms with Crippen LogP contribution in [0.1, 0.15) is 0 Å². The molecule has 8 heteroatoms. The number of nitrogens with one attached hydrogen (secondary N) is 1. The molecule has 3 nitrogen and oxygen atoms in total. The predicted molar refractivity (Wildman–Crippen MR) is 105 cm³/mol. The smallest absolute Gasteiger partial charge is 0.372 e. The van der Waals surface area contributed by atoms with E-state index in [4.69, 9.17) is 4.12 Å². The summed E-state index contributed by atoms with van der Waals surface area (Å²) in [6.07, 6.45) is 0. The Morgan fingerprint density at radius 1 is 0.700 bits per heavy atom. The summed E-state index contributed by atoms with van der Waals surface area (Å²) in [5.41, 5.74) is 0. The van der Waals surface area contributed by atoms with Gasteiger partial charge in [-0.15, -0.1) is 0 Å². The van der Waals surface area contributed by atoms with Gasteiger partial charge in [0.2, 0.25) is 0 Å². The van der Waals surface area contributed by atoms with Crippen LogP contribution in [0.15, 0.2) is 0 Å². The molecule has 0 aliphatic carbocycles. The highest BCUT2D eigenvalue weighted by atomic mass is 28.5. The summed E-state index contributed by atoms with van der Waals surface area (Å²) in [4.78, 5) is 0. The van der Waals surface area contributed by atoms with Gasteiger partial charge >= 0.3 is 9.36 Å². The van der Waals surface area contributed by atoms with Crippen LogP contribution < -0.4 is 4.65 Å². The molecule has 121 valence electrons. The number of rotatable bonds is 7. The lowest BCUT2D eigenvalue weighted by atomic mass is 11.8. The molecule has 0 amide bonds. The summed E-state index contributed by atoms with van der Waals surface area (Å²) in [7, 11) is -6.73. The summed E-state index contributed by atoms with van der Waals surface area (Å²) < 4.78 is 13.5. The molecular formula is C12H37N2OSi5. The molecule has 0 rings (SSSR count). The van der Waals surface area contributed by atoms with E-state index in [9.17, 15) is 0 Å². The maximum absolute atomic E-state index is 6.69. The maximum atomic E-state index is 6.69. The maximum Gasteiger partial charge on any atom is 0.372 e. The zero-order chi connectivity index (χ0) is 16.6. The second kappa shape index (κ2) is 6.61. The molecule has 0 aromatic carbocycles. The monoisotopic (exact) mass is 365 g/mol. The van der Waals surface area contributed by atoms with Crippen molar-refractivity contribution in [3.05, 3.63) is 0 Å². The van der Waals surface area contributed by atoms with Crippen molar-refractivity contribution in [1.82, 2.24) is 8.54 Å². The van der Waals surface area contributed by atoms with Gasteiger partial charge in [0.1, 0.15) is 24.7 Å². The molecule has 0 spiro atoms. The minimum atomic E-state index is -1.53. The topological polar surface area (TPSA) is 24.5 Å². The van der Waals surface area contributed by atoms with Crippen LogP contribution in [0, 0.1) is 0 Å². The Morgan fingerprint density at radius 2 is 1.05 bits per heavy atom.